The van der Waals surface area contributed by atoms with Crippen LogP contribution in [-0.2, 0) is 7.05 Å². The number of hydrogen-bond acceptors (Lipinski definition) is 3. The fourth-order valence-electron chi connectivity index (χ4n) is 1.76. The number of ether oxygens (including phenoxy) is 1. The number of halogens is 1. The molecule has 0 aliphatic heterocycles. The summed E-state index contributed by atoms with van der Waals surface area (Å²) >= 11 is 6.00. The van der Waals surface area contributed by atoms with Crippen molar-refractivity contribution in [1.82, 2.24) is 9.78 Å². The maximum absolute atomic E-state index is 12.1. The molecule has 0 aliphatic rings. The number of anilines is 1. The fraction of sp³-hybridized carbons (Fsp3) is 0.231. The number of rotatable bonds is 3. The van der Waals surface area contributed by atoms with Gasteiger partial charge < -0.3 is 10.1 Å². The topological polar surface area (TPSA) is 56.1 Å². The molecule has 0 unspecified atom stereocenters. The van der Waals surface area contributed by atoms with Crippen LogP contribution in [0.4, 0.5) is 5.69 Å². The molecule has 1 aromatic carbocycles. The molecule has 1 aromatic heterocycles. The Balaban J connectivity index is 2.19. The lowest BCUT2D eigenvalue weighted by Gasteiger charge is -2.08. The van der Waals surface area contributed by atoms with E-state index in [4.69, 9.17) is 16.3 Å². The Kier molecular flexibility index (Phi) is 3.76. The zero-order chi connectivity index (χ0) is 14.0. The summed E-state index contributed by atoms with van der Waals surface area (Å²) in [6.07, 6.45) is 0. The standard InChI is InChI=1S/C13H14ClN3O2/c1-8-6-11(17(2)16-8)13(18)15-9-4-5-12(19-3)10(14)7-9/h4-7H,1-3H3,(H,15,18). The van der Waals surface area contributed by atoms with Gasteiger partial charge in [-0.2, -0.15) is 5.10 Å². The first kappa shape index (κ1) is 13.4. The maximum Gasteiger partial charge on any atom is 0.273 e. The van der Waals surface area contributed by atoms with E-state index in [-0.39, 0.29) is 5.91 Å². The van der Waals surface area contributed by atoms with Crippen LogP contribution < -0.4 is 10.1 Å². The van der Waals surface area contributed by atoms with Crippen LogP contribution in [0.25, 0.3) is 0 Å². The molecule has 19 heavy (non-hydrogen) atoms. The average Bonchev–Trinajstić information content (AvgIpc) is 2.69. The van der Waals surface area contributed by atoms with E-state index in [0.717, 1.165) is 5.69 Å². The molecule has 0 atom stereocenters. The maximum atomic E-state index is 12.1. The van der Waals surface area contributed by atoms with Crippen LogP contribution in [0.5, 0.6) is 5.75 Å². The molecule has 2 aromatic rings. The third-order valence-electron chi connectivity index (χ3n) is 2.64. The lowest BCUT2D eigenvalue weighted by Crippen LogP contribution is -2.16. The Morgan fingerprint density at radius 1 is 1.42 bits per heavy atom. The van der Waals surface area contributed by atoms with Crippen LogP contribution >= 0.6 is 11.6 Å². The molecule has 0 saturated heterocycles. The van der Waals surface area contributed by atoms with Gasteiger partial charge in [0.2, 0.25) is 0 Å². The second-order valence-corrected chi connectivity index (χ2v) is 4.51. The zero-order valence-corrected chi connectivity index (χ0v) is 11.7. The van der Waals surface area contributed by atoms with Gasteiger partial charge in [0.05, 0.1) is 17.8 Å². The van der Waals surface area contributed by atoms with Gasteiger partial charge in [-0.15, -0.1) is 0 Å². The van der Waals surface area contributed by atoms with Crippen LogP contribution in [0.15, 0.2) is 24.3 Å². The van der Waals surface area contributed by atoms with E-state index in [1.54, 1.807) is 31.3 Å². The monoisotopic (exact) mass is 279 g/mol. The van der Waals surface area contributed by atoms with E-state index < -0.39 is 0 Å². The molecule has 0 bridgehead atoms. The van der Waals surface area contributed by atoms with Crippen molar-refractivity contribution in [3.05, 3.63) is 40.7 Å². The summed E-state index contributed by atoms with van der Waals surface area (Å²) in [5.74, 6) is 0.334. The predicted molar refractivity (Wildman–Crippen MR) is 73.9 cm³/mol. The average molecular weight is 280 g/mol. The highest BCUT2D eigenvalue weighted by molar-refractivity contribution is 6.32. The number of amides is 1. The number of benzene rings is 1. The van der Waals surface area contributed by atoms with Crippen molar-refractivity contribution in [1.29, 1.82) is 0 Å². The second kappa shape index (κ2) is 5.32. The fourth-order valence-corrected chi connectivity index (χ4v) is 2.02. The van der Waals surface area contributed by atoms with Gasteiger partial charge in [-0.05, 0) is 31.2 Å². The molecule has 2 rings (SSSR count). The molecular weight excluding hydrogens is 266 g/mol. The number of aromatic nitrogens is 2. The van der Waals surface area contributed by atoms with Crippen molar-refractivity contribution in [2.75, 3.05) is 12.4 Å². The minimum Gasteiger partial charge on any atom is -0.495 e. The van der Waals surface area contributed by atoms with E-state index in [0.29, 0.717) is 22.2 Å². The molecule has 1 heterocycles. The van der Waals surface area contributed by atoms with Gasteiger partial charge in [0, 0.05) is 12.7 Å². The number of nitrogens with one attached hydrogen (secondary N) is 1. The van der Waals surface area contributed by atoms with Crippen LogP contribution in [-0.4, -0.2) is 22.8 Å². The van der Waals surface area contributed by atoms with Gasteiger partial charge in [-0.25, -0.2) is 0 Å². The molecule has 0 aliphatic carbocycles. The highest BCUT2D eigenvalue weighted by Crippen LogP contribution is 2.27. The van der Waals surface area contributed by atoms with Gasteiger partial charge in [0.25, 0.3) is 5.91 Å². The van der Waals surface area contributed by atoms with Crippen LogP contribution in [0, 0.1) is 6.92 Å². The highest BCUT2D eigenvalue weighted by atomic mass is 35.5. The quantitative estimate of drug-likeness (QED) is 0.940. The molecule has 0 spiro atoms. The summed E-state index contributed by atoms with van der Waals surface area (Å²) in [4.78, 5) is 12.1. The van der Waals surface area contributed by atoms with E-state index in [1.165, 1.54) is 11.8 Å². The molecule has 0 radical (unpaired) electrons. The molecule has 0 saturated carbocycles. The van der Waals surface area contributed by atoms with Crippen LogP contribution in [0.1, 0.15) is 16.2 Å². The molecule has 1 amide bonds. The minimum atomic E-state index is -0.232. The smallest absolute Gasteiger partial charge is 0.273 e. The van der Waals surface area contributed by atoms with Gasteiger partial charge >= 0.3 is 0 Å². The molecule has 5 nitrogen and oxygen atoms in total. The number of carbonyl (C=O) groups is 1. The Morgan fingerprint density at radius 2 is 2.16 bits per heavy atom. The minimum absolute atomic E-state index is 0.232. The van der Waals surface area contributed by atoms with Gasteiger partial charge in [0.15, 0.2) is 0 Å². The molecule has 6 heteroatoms. The number of aryl methyl sites for hydroxylation is 2. The SMILES string of the molecule is COc1ccc(NC(=O)c2cc(C)nn2C)cc1Cl. The van der Waals surface area contributed by atoms with Gasteiger partial charge in [-0.1, -0.05) is 11.6 Å². The first-order valence-corrected chi connectivity index (χ1v) is 6.04. The van der Waals surface area contributed by atoms with Crippen LogP contribution in [0.3, 0.4) is 0 Å². The number of carbonyl (C=O) groups excluding carboxylic acids is 1. The summed E-state index contributed by atoms with van der Waals surface area (Å²) < 4.78 is 6.59. The number of nitrogens with zero attached hydrogens (tertiary/aromatic N) is 2. The summed E-state index contributed by atoms with van der Waals surface area (Å²) in [6, 6.07) is 6.79. The predicted octanol–water partition coefficient (Wildman–Crippen LogP) is 2.64. The van der Waals surface area contributed by atoms with Crippen molar-refractivity contribution in [3.63, 3.8) is 0 Å². The van der Waals surface area contributed by atoms with E-state index in [2.05, 4.69) is 10.4 Å². The molecular formula is C13H14ClN3O2. The van der Waals surface area contributed by atoms with E-state index in [9.17, 15) is 4.79 Å². The number of hydrogen-bond donors (Lipinski definition) is 1. The summed E-state index contributed by atoms with van der Waals surface area (Å²) in [6.45, 7) is 1.83. The Morgan fingerprint density at radius 3 is 2.68 bits per heavy atom. The van der Waals surface area contributed by atoms with E-state index >= 15 is 0 Å². The zero-order valence-electron chi connectivity index (χ0n) is 10.9. The highest BCUT2D eigenvalue weighted by Gasteiger charge is 2.12. The normalized spacial score (nSPS) is 10.3. The van der Waals surface area contributed by atoms with Crippen molar-refractivity contribution < 1.29 is 9.53 Å². The van der Waals surface area contributed by atoms with Gasteiger partial charge in [-0.3, -0.25) is 9.48 Å². The van der Waals surface area contributed by atoms with Crippen molar-refractivity contribution in [3.8, 4) is 5.75 Å². The van der Waals surface area contributed by atoms with Crippen molar-refractivity contribution in [2.45, 2.75) is 6.92 Å². The summed E-state index contributed by atoms with van der Waals surface area (Å²) in [5.41, 5.74) is 1.89. The number of methoxy groups -OCH3 is 1. The van der Waals surface area contributed by atoms with Crippen molar-refractivity contribution >= 4 is 23.2 Å². The lowest BCUT2D eigenvalue weighted by molar-refractivity contribution is 0.101. The lowest BCUT2D eigenvalue weighted by atomic mass is 10.3. The summed E-state index contributed by atoms with van der Waals surface area (Å²) in [5, 5.41) is 7.34. The molecule has 100 valence electrons. The largest absolute Gasteiger partial charge is 0.495 e. The van der Waals surface area contributed by atoms with Crippen LogP contribution in [0.2, 0.25) is 5.02 Å². The second-order valence-electron chi connectivity index (χ2n) is 4.10. The molecule has 1 N–H and O–H groups in total. The Hall–Kier alpha value is -2.01. The Labute approximate surface area is 116 Å². The van der Waals surface area contributed by atoms with Crippen molar-refractivity contribution in [2.24, 2.45) is 7.05 Å². The third-order valence-corrected chi connectivity index (χ3v) is 2.94. The van der Waals surface area contributed by atoms with E-state index in [1.807, 2.05) is 6.92 Å². The third kappa shape index (κ3) is 2.88. The first-order chi connectivity index (χ1) is 9.01. The Bertz CT molecular complexity index is 622. The summed E-state index contributed by atoms with van der Waals surface area (Å²) in [7, 11) is 3.26. The molecule has 0 fully saturated rings. The van der Waals surface area contributed by atoms with Gasteiger partial charge in [0.1, 0.15) is 11.4 Å². The first-order valence-electron chi connectivity index (χ1n) is 5.67.